The summed E-state index contributed by atoms with van der Waals surface area (Å²) in [6.07, 6.45) is 3.57. The third-order valence-corrected chi connectivity index (χ3v) is 3.96. The Balaban J connectivity index is 1.56. The number of pyridine rings is 1. The van der Waals surface area contributed by atoms with E-state index < -0.39 is 0 Å². The summed E-state index contributed by atoms with van der Waals surface area (Å²) in [5, 5.41) is 3.95. The number of carbonyl (C=O) groups excluding carboxylic acids is 1. The molecule has 3 heterocycles. The zero-order valence-electron chi connectivity index (χ0n) is 12.6. The number of rotatable bonds is 3. The molecule has 7 heteroatoms. The van der Waals surface area contributed by atoms with Crippen LogP contribution >= 0.6 is 0 Å². The predicted molar refractivity (Wildman–Crippen MR) is 83.6 cm³/mol. The van der Waals surface area contributed by atoms with Crippen molar-refractivity contribution < 1.29 is 13.7 Å². The minimum absolute atomic E-state index is 0.0910. The second-order valence-corrected chi connectivity index (χ2v) is 5.58. The van der Waals surface area contributed by atoms with Crippen LogP contribution < -0.4 is 4.90 Å². The number of halogens is 1. The quantitative estimate of drug-likeness (QED) is 0.741. The molecule has 1 aliphatic rings. The van der Waals surface area contributed by atoms with Gasteiger partial charge in [-0.1, -0.05) is 11.2 Å². The van der Waals surface area contributed by atoms with Crippen LogP contribution in [0.1, 0.15) is 18.2 Å². The van der Waals surface area contributed by atoms with Crippen molar-refractivity contribution in [2.75, 3.05) is 11.4 Å². The Bertz CT molecular complexity index is 881. The first-order chi connectivity index (χ1) is 11.7. The maximum absolute atomic E-state index is 13.4. The molecule has 120 valence electrons. The van der Waals surface area contributed by atoms with Crippen LogP contribution in [-0.2, 0) is 4.79 Å². The Morgan fingerprint density at radius 1 is 1.25 bits per heavy atom. The van der Waals surface area contributed by atoms with E-state index in [1.807, 2.05) is 6.07 Å². The SMILES string of the molecule is O=C1CC(c2nc(-c3cccnc3)no2)CN1c1cccc(F)c1. The van der Waals surface area contributed by atoms with Gasteiger partial charge in [0.1, 0.15) is 5.82 Å². The van der Waals surface area contributed by atoms with E-state index in [9.17, 15) is 9.18 Å². The van der Waals surface area contributed by atoms with E-state index >= 15 is 0 Å². The Morgan fingerprint density at radius 2 is 2.17 bits per heavy atom. The van der Waals surface area contributed by atoms with Crippen LogP contribution in [-0.4, -0.2) is 27.6 Å². The van der Waals surface area contributed by atoms with Gasteiger partial charge in [-0.15, -0.1) is 0 Å². The molecule has 0 bridgehead atoms. The molecule has 2 aromatic heterocycles. The molecule has 6 nitrogen and oxygen atoms in total. The molecule has 3 aromatic rings. The number of benzene rings is 1. The molecule has 0 radical (unpaired) electrons. The lowest BCUT2D eigenvalue weighted by Crippen LogP contribution is -2.24. The number of carbonyl (C=O) groups is 1. The summed E-state index contributed by atoms with van der Waals surface area (Å²) in [6, 6.07) is 9.60. The van der Waals surface area contributed by atoms with Gasteiger partial charge in [-0.05, 0) is 30.3 Å². The summed E-state index contributed by atoms with van der Waals surface area (Å²) >= 11 is 0. The van der Waals surface area contributed by atoms with Crippen LogP contribution in [0.3, 0.4) is 0 Å². The monoisotopic (exact) mass is 324 g/mol. The van der Waals surface area contributed by atoms with E-state index in [0.29, 0.717) is 23.9 Å². The lowest BCUT2D eigenvalue weighted by molar-refractivity contribution is -0.117. The third kappa shape index (κ3) is 2.64. The number of hydrogen-bond donors (Lipinski definition) is 0. The summed E-state index contributed by atoms with van der Waals surface area (Å²) < 4.78 is 18.7. The second-order valence-electron chi connectivity index (χ2n) is 5.58. The number of aromatic nitrogens is 3. The van der Waals surface area contributed by atoms with E-state index in [1.54, 1.807) is 35.5 Å². The van der Waals surface area contributed by atoms with E-state index in [-0.39, 0.29) is 24.1 Å². The topological polar surface area (TPSA) is 72.1 Å². The van der Waals surface area contributed by atoms with Gasteiger partial charge in [-0.25, -0.2) is 4.39 Å². The minimum atomic E-state index is -0.375. The number of anilines is 1. The van der Waals surface area contributed by atoms with Crippen molar-refractivity contribution in [2.24, 2.45) is 0 Å². The van der Waals surface area contributed by atoms with Crippen molar-refractivity contribution in [2.45, 2.75) is 12.3 Å². The number of nitrogens with zero attached hydrogens (tertiary/aromatic N) is 4. The first-order valence-corrected chi connectivity index (χ1v) is 7.50. The minimum Gasteiger partial charge on any atom is -0.339 e. The molecule has 1 aliphatic heterocycles. The molecular formula is C17H13FN4O2. The Labute approximate surface area is 136 Å². The second kappa shape index (κ2) is 5.84. The number of amides is 1. The standard InChI is InChI=1S/C17H13FN4O2/c18-13-4-1-5-14(8-13)22-10-12(7-15(22)23)17-20-16(21-24-17)11-3-2-6-19-9-11/h1-6,8-9,12H,7,10H2. The first-order valence-electron chi connectivity index (χ1n) is 7.50. The van der Waals surface area contributed by atoms with Crippen molar-refractivity contribution in [1.82, 2.24) is 15.1 Å². The molecule has 1 fully saturated rings. The Hall–Kier alpha value is -3.09. The Kier molecular flexibility index (Phi) is 3.53. The van der Waals surface area contributed by atoms with Gasteiger partial charge >= 0.3 is 0 Å². The van der Waals surface area contributed by atoms with Crippen molar-refractivity contribution in [3.05, 3.63) is 60.5 Å². The van der Waals surface area contributed by atoms with E-state index in [4.69, 9.17) is 4.52 Å². The van der Waals surface area contributed by atoms with Crippen molar-refractivity contribution in [3.8, 4) is 11.4 Å². The molecule has 24 heavy (non-hydrogen) atoms. The molecule has 1 aromatic carbocycles. The smallest absolute Gasteiger partial charge is 0.232 e. The van der Waals surface area contributed by atoms with Crippen molar-refractivity contribution >= 4 is 11.6 Å². The lowest BCUT2D eigenvalue weighted by atomic mass is 10.1. The fourth-order valence-corrected chi connectivity index (χ4v) is 2.78. The third-order valence-electron chi connectivity index (χ3n) is 3.96. The summed E-state index contributed by atoms with van der Waals surface area (Å²) in [6.45, 7) is 0.386. The van der Waals surface area contributed by atoms with Gasteiger partial charge in [0.05, 0.1) is 5.92 Å². The largest absolute Gasteiger partial charge is 0.339 e. The van der Waals surface area contributed by atoms with Gasteiger partial charge in [0, 0.05) is 36.6 Å². The van der Waals surface area contributed by atoms with Gasteiger partial charge in [-0.3, -0.25) is 9.78 Å². The lowest BCUT2D eigenvalue weighted by Gasteiger charge is -2.15. The highest BCUT2D eigenvalue weighted by molar-refractivity contribution is 5.96. The zero-order chi connectivity index (χ0) is 16.5. The molecule has 1 saturated heterocycles. The normalized spacial score (nSPS) is 17.5. The van der Waals surface area contributed by atoms with Crippen molar-refractivity contribution in [1.29, 1.82) is 0 Å². The van der Waals surface area contributed by atoms with Gasteiger partial charge < -0.3 is 9.42 Å². The molecule has 4 rings (SSSR count). The van der Waals surface area contributed by atoms with Gasteiger partial charge in [0.2, 0.25) is 17.6 Å². The van der Waals surface area contributed by atoms with Crippen LogP contribution in [0, 0.1) is 5.82 Å². The summed E-state index contributed by atoms with van der Waals surface area (Å²) in [7, 11) is 0. The highest BCUT2D eigenvalue weighted by Crippen LogP contribution is 2.32. The molecule has 0 N–H and O–H groups in total. The molecule has 0 saturated carbocycles. The summed E-state index contributed by atoms with van der Waals surface area (Å²) in [5.41, 5.74) is 1.29. The van der Waals surface area contributed by atoms with Gasteiger partial charge in [0.15, 0.2) is 0 Å². The predicted octanol–water partition coefficient (Wildman–Crippen LogP) is 2.79. The first kappa shape index (κ1) is 14.5. The summed E-state index contributed by atoms with van der Waals surface area (Å²) in [5.74, 6) is 0.168. The van der Waals surface area contributed by atoms with Gasteiger partial charge in [0.25, 0.3) is 0 Å². The zero-order valence-corrected chi connectivity index (χ0v) is 12.6. The maximum atomic E-state index is 13.4. The highest BCUT2D eigenvalue weighted by Gasteiger charge is 2.35. The van der Waals surface area contributed by atoms with E-state index in [2.05, 4.69) is 15.1 Å². The van der Waals surface area contributed by atoms with Crippen LogP contribution in [0.5, 0.6) is 0 Å². The molecule has 1 unspecified atom stereocenters. The average molecular weight is 324 g/mol. The molecule has 1 amide bonds. The van der Waals surface area contributed by atoms with E-state index in [1.165, 1.54) is 12.1 Å². The van der Waals surface area contributed by atoms with Crippen LogP contribution in [0.4, 0.5) is 10.1 Å². The van der Waals surface area contributed by atoms with Crippen LogP contribution in [0.15, 0.2) is 53.3 Å². The summed E-state index contributed by atoms with van der Waals surface area (Å²) in [4.78, 5) is 22.2. The number of hydrogen-bond acceptors (Lipinski definition) is 5. The molecular weight excluding hydrogens is 311 g/mol. The fraction of sp³-hybridized carbons (Fsp3) is 0.176. The highest BCUT2D eigenvalue weighted by atomic mass is 19.1. The molecule has 0 aliphatic carbocycles. The van der Waals surface area contributed by atoms with E-state index in [0.717, 1.165) is 5.56 Å². The maximum Gasteiger partial charge on any atom is 0.232 e. The van der Waals surface area contributed by atoms with Crippen LogP contribution in [0.2, 0.25) is 0 Å². The average Bonchev–Trinajstić information content (AvgIpc) is 3.22. The molecule has 1 atom stereocenters. The van der Waals surface area contributed by atoms with Crippen molar-refractivity contribution in [3.63, 3.8) is 0 Å². The van der Waals surface area contributed by atoms with Gasteiger partial charge in [-0.2, -0.15) is 4.98 Å². The Morgan fingerprint density at radius 3 is 2.96 bits per heavy atom. The molecule has 0 spiro atoms. The van der Waals surface area contributed by atoms with Crippen LogP contribution in [0.25, 0.3) is 11.4 Å². The fourth-order valence-electron chi connectivity index (χ4n) is 2.78.